The molecule has 136 valence electrons. The maximum absolute atomic E-state index is 12.7. The topological polar surface area (TPSA) is 124 Å². The van der Waals surface area contributed by atoms with Gasteiger partial charge in [0.2, 0.25) is 11.7 Å². The van der Waals surface area contributed by atoms with Crippen molar-refractivity contribution in [1.82, 2.24) is 9.38 Å². The molecule has 27 heavy (non-hydrogen) atoms. The first kappa shape index (κ1) is 16.7. The highest BCUT2D eigenvalue weighted by molar-refractivity contribution is 5.85. The van der Waals surface area contributed by atoms with Gasteiger partial charge in [-0.15, -0.1) is 0 Å². The number of fused-ring (bicyclic) bond motifs is 2. The van der Waals surface area contributed by atoms with Crippen molar-refractivity contribution < 1.29 is 9.72 Å². The van der Waals surface area contributed by atoms with Crippen LogP contribution in [0, 0.1) is 10.1 Å². The van der Waals surface area contributed by atoms with Crippen LogP contribution in [0.5, 0.6) is 0 Å². The third kappa shape index (κ3) is 2.69. The summed E-state index contributed by atoms with van der Waals surface area (Å²) in [5.74, 6) is -0.775. The van der Waals surface area contributed by atoms with Crippen LogP contribution in [0.3, 0.4) is 0 Å². The van der Waals surface area contributed by atoms with E-state index in [0.717, 1.165) is 15.5 Å². The number of hydrogen-bond donors (Lipinski definition) is 1. The molecule has 0 saturated heterocycles. The van der Waals surface area contributed by atoms with Crippen LogP contribution in [-0.2, 0) is 17.8 Å². The van der Waals surface area contributed by atoms with Gasteiger partial charge in [-0.3, -0.25) is 24.1 Å². The Hall–Kier alpha value is -3.75. The molecular formula is C18H15N5O4. The number of aromatic nitrogens is 2. The molecule has 0 aliphatic carbocycles. The minimum Gasteiger partial charge on any atom is -0.368 e. The molecule has 0 fully saturated rings. The van der Waals surface area contributed by atoms with Crippen molar-refractivity contribution >= 4 is 23.1 Å². The van der Waals surface area contributed by atoms with E-state index >= 15 is 0 Å². The lowest BCUT2D eigenvalue weighted by Gasteiger charge is -2.35. The minimum atomic E-state index is -0.836. The molecule has 9 heteroatoms. The van der Waals surface area contributed by atoms with E-state index < -0.39 is 28.1 Å². The molecule has 4 rings (SSSR count). The van der Waals surface area contributed by atoms with Crippen molar-refractivity contribution in [2.45, 2.75) is 19.0 Å². The molecule has 3 aromatic rings. The lowest BCUT2D eigenvalue weighted by Crippen LogP contribution is -2.49. The number of nitrogens with two attached hydrogens (primary N) is 1. The maximum atomic E-state index is 12.7. The molecule has 1 atom stereocenters. The van der Waals surface area contributed by atoms with E-state index in [9.17, 15) is 19.7 Å². The monoisotopic (exact) mass is 365 g/mol. The fourth-order valence-electron chi connectivity index (χ4n) is 3.43. The van der Waals surface area contributed by atoms with Crippen molar-refractivity contribution in [1.29, 1.82) is 0 Å². The van der Waals surface area contributed by atoms with Gasteiger partial charge >= 0.3 is 11.2 Å². The van der Waals surface area contributed by atoms with Gasteiger partial charge in [0.1, 0.15) is 11.7 Å². The molecule has 1 aliphatic rings. The second-order valence-electron chi connectivity index (χ2n) is 6.29. The first-order valence-corrected chi connectivity index (χ1v) is 8.26. The van der Waals surface area contributed by atoms with Gasteiger partial charge in [-0.2, -0.15) is 0 Å². The molecular weight excluding hydrogens is 350 g/mol. The summed E-state index contributed by atoms with van der Waals surface area (Å²) in [6, 6.07) is 11.5. The van der Waals surface area contributed by atoms with Gasteiger partial charge < -0.3 is 10.6 Å². The van der Waals surface area contributed by atoms with Gasteiger partial charge in [0.15, 0.2) is 0 Å². The van der Waals surface area contributed by atoms with E-state index in [2.05, 4.69) is 4.98 Å². The zero-order valence-corrected chi connectivity index (χ0v) is 14.1. The molecule has 0 radical (unpaired) electrons. The lowest BCUT2D eigenvalue weighted by atomic mass is 9.93. The lowest BCUT2D eigenvalue weighted by molar-refractivity contribution is -0.385. The molecule has 2 aromatic heterocycles. The Balaban J connectivity index is 1.97. The van der Waals surface area contributed by atoms with Gasteiger partial charge in [-0.25, -0.2) is 4.98 Å². The molecule has 2 N–H and O–H groups in total. The third-order valence-electron chi connectivity index (χ3n) is 4.72. The highest BCUT2D eigenvalue weighted by atomic mass is 16.6. The number of rotatable bonds is 3. The molecule has 0 bridgehead atoms. The minimum absolute atomic E-state index is 0.144. The highest BCUT2D eigenvalue weighted by Gasteiger charge is 2.37. The van der Waals surface area contributed by atoms with Crippen LogP contribution in [0.25, 0.3) is 5.65 Å². The van der Waals surface area contributed by atoms with Crippen molar-refractivity contribution in [2.75, 3.05) is 4.90 Å². The van der Waals surface area contributed by atoms with Crippen molar-refractivity contribution in [3.8, 4) is 0 Å². The van der Waals surface area contributed by atoms with Gasteiger partial charge in [0, 0.05) is 19.2 Å². The number of amides is 1. The van der Waals surface area contributed by atoms with E-state index in [-0.39, 0.29) is 18.0 Å². The zero-order valence-electron chi connectivity index (χ0n) is 14.1. The molecule has 1 aliphatic heterocycles. The molecule has 0 spiro atoms. The number of carbonyl (C=O) groups excluding carboxylic acids is 1. The number of anilines is 1. The van der Waals surface area contributed by atoms with E-state index in [1.807, 2.05) is 24.3 Å². The Morgan fingerprint density at radius 3 is 2.59 bits per heavy atom. The second-order valence-corrected chi connectivity index (χ2v) is 6.29. The molecule has 0 unspecified atom stereocenters. The predicted molar refractivity (Wildman–Crippen MR) is 97.4 cm³/mol. The first-order valence-electron chi connectivity index (χ1n) is 8.26. The quantitative estimate of drug-likeness (QED) is 0.546. The van der Waals surface area contributed by atoms with Gasteiger partial charge in [-0.1, -0.05) is 30.3 Å². The summed E-state index contributed by atoms with van der Waals surface area (Å²) < 4.78 is 1.11. The Labute approximate surface area is 152 Å². The standard InChI is InChI=1S/C18H15N5O4/c19-16(24)13-9-11-5-1-2-6-12(11)10-22(13)17-15(23(26)27)18(25)21-8-4-3-7-14(21)20-17/h1-8,13H,9-10H2,(H2,19,24)/t13-/m0/s1. The molecule has 9 nitrogen and oxygen atoms in total. The Kier molecular flexibility index (Phi) is 3.84. The van der Waals surface area contributed by atoms with Gasteiger partial charge in [0.05, 0.1) is 4.92 Å². The third-order valence-corrected chi connectivity index (χ3v) is 4.72. The number of benzene rings is 1. The average Bonchev–Trinajstić information content (AvgIpc) is 2.66. The number of nitro groups is 1. The predicted octanol–water partition coefficient (Wildman–Crippen LogP) is 1.02. The second kappa shape index (κ2) is 6.20. The van der Waals surface area contributed by atoms with Gasteiger partial charge in [-0.05, 0) is 23.3 Å². The average molecular weight is 365 g/mol. The highest BCUT2D eigenvalue weighted by Crippen LogP contribution is 2.31. The molecule has 1 amide bonds. The summed E-state index contributed by atoms with van der Waals surface area (Å²) in [6.45, 7) is 0.195. The summed E-state index contributed by atoms with van der Waals surface area (Å²) in [5.41, 5.74) is 6.19. The first-order chi connectivity index (χ1) is 13.0. The fourth-order valence-corrected chi connectivity index (χ4v) is 3.43. The van der Waals surface area contributed by atoms with Crippen molar-refractivity contribution in [2.24, 2.45) is 5.73 Å². The Bertz CT molecular complexity index is 1140. The number of pyridine rings is 1. The summed E-state index contributed by atoms with van der Waals surface area (Å²) in [6.07, 6.45) is 1.71. The molecule has 1 aromatic carbocycles. The van der Waals surface area contributed by atoms with Crippen LogP contribution in [-0.4, -0.2) is 26.3 Å². The summed E-state index contributed by atoms with van der Waals surface area (Å²) in [4.78, 5) is 41.5. The van der Waals surface area contributed by atoms with Gasteiger partial charge in [0.25, 0.3) is 0 Å². The normalized spacial score (nSPS) is 16.1. The van der Waals surface area contributed by atoms with E-state index in [4.69, 9.17) is 5.73 Å². The van der Waals surface area contributed by atoms with Crippen molar-refractivity contribution in [3.63, 3.8) is 0 Å². The fraction of sp³-hybridized carbons (Fsp3) is 0.167. The summed E-state index contributed by atoms with van der Waals surface area (Å²) >= 11 is 0. The number of nitrogens with zero attached hydrogens (tertiary/aromatic N) is 4. The Morgan fingerprint density at radius 1 is 1.19 bits per heavy atom. The largest absolute Gasteiger partial charge is 0.376 e. The number of carbonyl (C=O) groups is 1. The molecule has 3 heterocycles. The number of primary amides is 1. The molecule has 0 saturated carbocycles. The SMILES string of the molecule is NC(=O)[C@@H]1Cc2ccccc2CN1c1nc2ccccn2c(=O)c1[N+](=O)[O-]. The van der Waals surface area contributed by atoms with Crippen LogP contribution >= 0.6 is 0 Å². The number of hydrogen-bond acceptors (Lipinski definition) is 6. The summed E-state index contributed by atoms with van der Waals surface area (Å²) in [5, 5.41) is 11.7. The smallest absolute Gasteiger partial charge is 0.368 e. The summed E-state index contributed by atoms with van der Waals surface area (Å²) in [7, 11) is 0. The Morgan fingerprint density at radius 2 is 1.89 bits per heavy atom. The zero-order chi connectivity index (χ0) is 19.1. The van der Waals surface area contributed by atoms with E-state index in [1.165, 1.54) is 11.1 Å². The van der Waals surface area contributed by atoms with E-state index in [0.29, 0.717) is 6.42 Å². The van der Waals surface area contributed by atoms with Crippen LogP contribution in [0.2, 0.25) is 0 Å². The maximum Gasteiger partial charge on any atom is 0.376 e. The van der Waals surface area contributed by atoms with Crippen LogP contribution in [0.15, 0.2) is 53.5 Å². The van der Waals surface area contributed by atoms with Crippen LogP contribution in [0.1, 0.15) is 11.1 Å². The van der Waals surface area contributed by atoms with Crippen LogP contribution in [0.4, 0.5) is 11.5 Å². The van der Waals surface area contributed by atoms with Crippen LogP contribution < -0.4 is 16.2 Å². The van der Waals surface area contributed by atoms with E-state index in [1.54, 1.807) is 18.2 Å². The van der Waals surface area contributed by atoms with Crippen molar-refractivity contribution in [3.05, 3.63) is 80.3 Å².